The summed E-state index contributed by atoms with van der Waals surface area (Å²) in [5.41, 5.74) is 0.426. The van der Waals surface area contributed by atoms with Gasteiger partial charge in [-0.05, 0) is 18.6 Å². The van der Waals surface area contributed by atoms with Gasteiger partial charge >= 0.3 is 0 Å². The van der Waals surface area contributed by atoms with Crippen molar-refractivity contribution >= 4 is 6.29 Å². The Labute approximate surface area is 70.0 Å². The van der Waals surface area contributed by atoms with Crippen LogP contribution >= 0.6 is 0 Å². The highest BCUT2D eigenvalue weighted by molar-refractivity contribution is 5.80. The summed E-state index contributed by atoms with van der Waals surface area (Å²) in [5.74, 6) is -0.238. The maximum absolute atomic E-state index is 13.1. The molecule has 0 spiro atoms. The molecule has 0 saturated heterocycles. The smallest absolute Gasteiger partial charge is 0.156 e. The second-order valence-corrected chi connectivity index (χ2v) is 2.43. The summed E-state index contributed by atoms with van der Waals surface area (Å²) >= 11 is 0. The Kier molecular flexibility index (Phi) is 2.43. The fraction of sp³-hybridized carbons (Fsp3) is 0.222. The molecule has 0 atom stereocenters. The number of aryl methyl sites for hydroxylation is 1. The molecule has 1 aromatic rings. The van der Waals surface area contributed by atoms with Gasteiger partial charge in [-0.15, -0.1) is 0 Å². The first-order chi connectivity index (χ1) is 5.70. The molecule has 0 aromatic heterocycles. The number of aldehydes is 1. The second-order valence-electron chi connectivity index (χ2n) is 2.43. The molecule has 0 heterocycles. The van der Waals surface area contributed by atoms with Gasteiger partial charge in [0, 0.05) is 0 Å². The van der Waals surface area contributed by atoms with E-state index in [2.05, 4.69) is 0 Å². The van der Waals surface area contributed by atoms with E-state index in [0.29, 0.717) is 11.8 Å². The van der Waals surface area contributed by atoms with Crippen LogP contribution in [0.4, 0.5) is 4.39 Å². The second kappa shape index (κ2) is 3.34. The highest BCUT2D eigenvalue weighted by atomic mass is 18.2. The van der Waals surface area contributed by atoms with Crippen molar-refractivity contribution in [3.63, 3.8) is 0 Å². The fourth-order valence-electron chi connectivity index (χ4n) is 0.972. The summed E-state index contributed by atoms with van der Waals surface area (Å²) < 4.78 is 17.9. The third kappa shape index (κ3) is 1.30. The van der Waals surface area contributed by atoms with E-state index in [4.69, 9.17) is 4.74 Å². The van der Waals surface area contributed by atoms with E-state index in [1.165, 1.54) is 7.11 Å². The summed E-state index contributed by atoms with van der Waals surface area (Å²) in [4.78, 5) is 10.4. The highest BCUT2D eigenvalue weighted by Gasteiger charge is 2.09. The lowest BCUT2D eigenvalue weighted by Crippen LogP contribution is -1.96. The molecular formula is C9H9FO2. The van der Waals surface area contributed by atoms with Crippen molar-refractivity contribution in [3.05, 3.63) is 29.1 Å². The number of rotatable bonds is 2. The highest BCUT2D eigenvalue weighted by Crippen LogP contribution is 2.21. The van der Waals surface area contributed by atoms with Crippen LogP contribution in [-0.2, 0) is 0 Å². The molecule has 2 nitrogen and oxygen atoms in total. The van der Waals surface area contributed by atoms with E-state index < -0.39 is 5.82 Å². The summed E-state index contributed by atoms with van der Waals surface area (Å²) in [6.07, 6.45) is 0.459. The average Bonchev–Trinajstić information content (AvgIpc) is 2.09. The molecule has 0 amide bonds. The van der Waals surface area contributed by atoms with Gasteiger partial charge in [0.05, 0.1) is 12.7 Å². The predicted octanol–water partition coefficient (Wildman–Crippen LogP) is 1.96. The molecule has 64 valence electrons. The van der Waals surface area contributed by atoms with E-state index in [1.54, 1.807) is 19.1 Å². The molecule has 0 N–H and O–H groups in total. The van der Waals surface area contributed by atoms with Crippen LogP contribution in [0.25, 0.3) is 0 Å². The lowest BCUT2D eigenvalue weighted by Gasteiger charge is -2.05. The van der Waals surface area contributed by atoms with Crippen molar-refractivity contribution < 1.29 is 13.9 Å². The number of carbonyl (C=O) groups is 1. The van der Waals surface area contributed by atoms with Gasteiger partial charge in [0.25, 0.3) is 0 Å². The van der Waals surface area contributed by atoms with Gasteiger partial charge in [-0.2, -0.15) is 0 Å². The van der Waals surface area contributed by atoms with E-state index >= 15 is 0 Å². The lowest BCUT2D eigenvalue weighted by atomic mass is 10.1. The van der Waals surface area contributed by atoms with E-state index in [1.807, 2.05) is 0 Å². The standard InChI is InChI=1S/C9H9FO2/c1-6-3-4-8(12-2)7(5-11)9(6)10/h3-5H,1-2H3/i10-1. The first-order valence-corrected chi connectivity index (χ1v) is 3.49. The van der Waals surface area contributed by atoms with E-state index in [9.17, 15) is 9.18 Å². The topological polar surface area (TPSA) is 26.3 Å². The van der Waals surface area contributed by atoms with Gasteiger partial charge in [-0.1, -0.05) is 6.07 Å². The lowest BCUT2D eigenvalue weighted by molar-refractivity contribution is 0.111. The fourth-order valence-corrected chi connectivity index (χ4v) is 0.972. The first-order valence-electron chi connectivity index (χ1n) is 3.49. The Morgan fingerprint density at radius 3 is 2.67 bits per heavy atom. The van der Waals surface area contributed by atoms with Gasteiger partial charge < -0.3 is 4.74 Å². The van der Waals surface area contributed by atoms with Crippen LogP contribution in [0.5, 0.6) is 5.75 Å². The van der Waals surface area contributed by atoms with Crippen LogP contribution in [0, 0.1) is 12.7 Å². The molecule has 1 aromatic carbocycles. The number of methoxy groups -OCH3 is 1. The Balaban J connectivity index is 3.35. The normalized spacial score (nSPS) is 9.58. The van der Waals surface area contributed by atoms with Crippen molar-refractivity contribution in [2.75, 3.05) is 7.11 Å². The SMILES string of the molecule is COc1ccc(C)c([18F])c1C=O. The zero-order valence-corrected chi connectivity index (χ0v) is 6.93. The number of hydrogen-bond acceptors (Lipinski definition) is 2. The molecule has 0 aliphatic heterocycles. The summed E-state index contributed by atoms with van der Waals surface area (Å²) in [6, 6.07) is 3.14. The number of carbonyl (C=O) groups excluding carboxylic acids is 1. The third-order valence-electron chi connectivity index (χ3n) is 1.67. The molecule has 0 aliphatic carbocycles. The molecule has 12 heavy (non-hydrogen) atoms. The van der Waals surface area contributed by atoms with Crippen molar-refractivity contribution in [2.45, 2.75) is 6.92 Å². The Bertz CT molecular complexity index is 308. The van der Waals surface area contributed by atoms with Crippen LogP contribution in [0.2, 0.25) is 0 Å². The summed E-state index contributed by atoms with van der Waals surface area (Å²) in [7, 11) is 1.40. The molecule has 0 fully saturated rings. The Morgan fingerprint density at radius 1 is 1.50 bits per heavy atom. The summed E-state index contributed by atoms with van der Waals surface area (Å²) in [5, 5.41) is 0. The minimum Gasteiger partial charge on any atom is -0.496 e. The number of halogens is 1. The molecule has 0 aliphatic rings. The maximum Gasteiger partial charge on any atom is 0.156 e. The molecule has 0 saturated carbocycles. The quantitative estimate of drug-likeness (QED) is 0.629. The van der Waals surface area contributed by atoms with Crippen molar-refractivity contribution in [2.24, 2.45) is 0 Å². The van der Waals surface area contributed by atoms with Gasteiger partial charge in [-0.3, -0.25) is 4.79 Å². The minimum atomic E-state index is -0.510. The Hall–Kier alpha value is -1.38. The van der Waals surface area contributed by atoms with Crippen LogP contribution < -0.4 is 4.74 Å². The monoisotopic (exact) mass is 167 g/mol. The van der Waals surface area contributed by atoms with Crippen molar-refractivity contribution in [1.82, 2.24) is 0 Å². The first kappa shape index (κ1) is 8.71. The van der Waals surface area contributed by atoms with Crippen LogP contribution in [0.1, 0.15) is 15.9 Å². The molecule has 0 unspecified atom stereocenters. The molecule has 3 heteroatoms. The van der Waals surface area contributed by atoms with Gasteiger partial charge in [-0.25, -0.2) is 4.39 Å². The van der Waals surface area contributed by atoms with Gasteiger partial charge in [0.2, 0.25) is 0 Å². The molecule has 0 radical (unpaired) electrons. The van der Waals surface area contributed by atoms with Gasteiger partial charge in [0.1, 0.15) is 11.6 Å². The van der Waals surface area contributed by atoms with Crippen LogP contribution in [-0.4, -0.2) is 13.4 Å². The van der Waals surface area contributed by atoms with E-state index in [0.717, 1.165) is 0 Å². The average molecular weight is 167 g/mol. The summed E-state index contributed by atoms with van der Waals surface area (Å²) in [6.45, 7) is 1.60. The third-order valence-corrected chi connectivity index (χ3v) is 1.67. The zero-order chi connectivity index (χ0) is 9.14. The van der Waals surface area contributed by atoms with Crippen molar-refractivity contribution in [3.8, 4) is 5.75 Å². The zero-order valence-electron chi connectivity index (χ0n) is 6.93. The predicted molar refractivity (Wildman–Crippen MR) is 43.1 cm³/mol. The maximum atomic E-state index is 13.1. The number of ether oxygens (including phenoxy) is 1. The molecular weight excluding hydrogens is 158 g/mol. The minimum absolute atomic E-state index is 0.0162. The number of benzene rings is 1. The molecule has 0 bridgehead atoms. The largest absolute Gasteiger partial charge is 0.496 e. The van der Waals surface area contributed by atoms with Crippen molar-refractivity contribution in [1.29, 1.82) is 0 Å². The van der Waals surface area contributed by atoms with E-state index in [-0.39, 0.29) is 11.3 Å². The number of hydrogen-bond donors (Lipinski definition) is 0. The van der Waals surface area contributed by atoms with Crippen LogP contribution in [0.15, 0.2) is 12.1 Å². The van der Waals surface area contributed by atoms with Crippen LogP contribution in [0.3, 0.4) is 0 Å². The van der Waals surface area contributed by atoms with Gasteiger partial charge in [0.15, 0.2) is 6.29 Å². The Morgan fingerprint density at radius 2 is 2.17 bits per heavy atom. The molecule has 1 rings (SSSR count).